The molecule has 0 aliphatic rings. The Labute approximate surface area is 103 Å². The normalized spacial score (nSPS) is 13.5. The highest BCUT2D eigenvalue weighted by atomic mass is 35.5. The fourth-order valence-electron chi connectivity index (χ4n) is 1.41. The van der Waals surface area contributed by atoms with E-state index < -0.39 is 11.7 Å². The highest BCUT2D eigenvalue weighted by Gasteiger charge is 2.30. The Morgan fingerprint density at radius 3 is 2.71 bits per heavy atom. The molecule has 1 unspecified atom stereocenters. The zero-order valence-electron chi connectivity index (χ0n) is 9.39. The molecule has 1 heterocycles. The van der Waals surface area contributed by atoms with Crippen LogP contribution in [0.1, 0.15) is 25.3 Å². The van der Waals surface area contributed by atoms with Gasteiger partial charge in [0.1, 0.15) is 5.82 Å². The molecule has 2 nitrogen and oxygen atoms in total. The topological polar surface area (TPSA) is 24.9 Å². The lowest BCUT2D eigenvalue weighted by atomic mass is 10.1. The number of pyridine rings is 1. The molecular formula is C11H14ClF3N2. The van der Waals surface area contributed by atoms with Gasteiger partial charge in [-0.3, -0.25) is 0 Å². The van der Waals surface area contributed by atoms with Crippen LogP contribution in [0.2, 0.25) is 0 Å². The summed E-state index contributed by atoms with van der Waals surface area (Å²) in [7, 11) is 0. The van der Waals surface area contributed by atoms with Gasteiger partial charge in [-0.25, -0.2) is 4.98 Å². The molecule has 0 saturated carbocycles. The number of nitrogens with one attached hydrogen (secondary N) is 1. The van der Waals surface area contributed by atoms with Crippen LogP contribution in [0.3, 0.4) is 0 Å². The summed E-state index contributed by atoms with van der Waals surface area (Å²) in [6.45, 7) is 1.94. The van der Waals surface area contributed by atoms with E-state index in [1.165, 1.54) is 0 Å². The van der Waals surface area contributed by atoms with Gasteiger partial charge in [0.25, 0.3) is 0 Å². The SMILES string of the molecule is CCC(CCCl)Nc1cc(C(F)(F)F)ccn1. The lowest BCUT2D eigenvalue weighted by Gasteiger charge is -2.17. The first-order chi connectivity index (χ1) is 7.97. The monoisotopic (exact) mass is 266 g/mol. The molecule has 6 heteroatoms. The molecule has 1 atom stereocenters. The van der Waals surface area contributed by atoms with E-state index in [1.54, 1.807) is 0 Å². The molecular weight excluding hydrogens is 253 g/mol. The van der Waals surface area contributed by atoms with Crippen LogP contribution in [0.4, 0.5) is 19.0 Å². The van der Waals surface area contributed by atoms with Crippen molar-refractivity contribution in [2.75, 3.05) is 11.2 Å². The van der Waals surface area contributed by atoms with Gasteiger partial charge in [0, 0.05) is 18.1 Å². The Kier molecular flexibility index (Phi) is 5.05. The molecule has 1 aromatic heterocycles. The van der Waals surface area contributed by atoms with Crippen LogP contribution >= 0.6 is 11.6 Å². The molecule has 0 amide bonds. The largest absolute Gasteiger partial charge is 0.416 e. The van der Waals surface area contributed by atoms with Crippen molar-refractivity contribution in [3.63, 3.8) is 0 Å². The van der Waals surface area contributed by atoms with Crippen molar-refractivity contribution < 1.29 is 13.2 Å². The number of anilines is 1. The minimum Gasteiger partial charge on any atom is -0.367 e. The molecule has 0 saturated heterocycles. The fraction of sp³-hybridized carbons (Fsp3) is 0.545. The van der Waals surface area contributed by atoms with Gasteiger partial charge in [-0.15, -0.1) is 11.6 Å². The van der Waals surface area contributed by atoms with Crippen LogP contribution in [-0.4, -0.2) is 16.9 Å². The van der Waals surface area contributed by atoms with E-state index in [9.17, 15) is 13.2 Å². The molecule has 0 aliphatic carbocycles. The summed E-state index contributed by atoms with van der Waals surface area (Å²) in [5.74, 6) is 0.696. The Morgan fingerprint density at radius 1 is 1.47 bits per heavy atom. The highest BCUT2D eigenvalue weighted by molar-refractivity contribution is 6.17. The van der Waals surface area contributed by atoms with Gasteiger partial charge in [-0.1, -0.05) is 6.92 Å². The van der Waals surface area contributed by atoms with Crippen LogP contribution in [0.5, 0.6) is 0 Å². The van der Waals surface area contributed by atoms with Crippen molar-refractivity contribution in [1.82, 2.24) is 4.98 Å². The van der Waals surface area contributed by atoms with Gasteiger partial charge < -0.3 is 5.32 Å². The van der Waals surface area contributed by atoms with Crippen LogP contribution in [-0.2, 0) is 6.18 Å². The van der Waals surface area contributed by atoms with Crippen molar-refractivity contribution in [2.45, 2.75) is 32.0 Å². The summed E-state index contributed by atoms with van der Waals surface area (Å²) < 4.78 is 37.4. The maximum Gasteiger partial charge on any atom is 0.416 e. The van der Waals surface area contributed by atoms with Crippen molar-refractivity contribution in [1.29, 1.82) is 0 Å². The maximum atomic E-state index is 12.5. The van der Waals surface area contributed by atoms with Crippen LogP contribution in [0.25, 0.3) is 0 Å². The first-order valence-electron chi connectivity index (χ1n) is 5.33. The number of hydrogen-bond donors (Lipinski definition) is 1. The smallest absolute Gasteiger partial charge is 0.367 e. The van der Waals surface area contributed by atoms with Crippen molar-refractivity contribution in [3.8, 4) is 0 Å². The van der Waals surface area contributed by atoms with Crippen LogP contribution in [0, 0.1) is 0 Å². The molecule has 0 bridgehead atoms. The standard InChI is InChI=1S/C11H14ClF3N2/c1-2-9(3-5-12)17-10-7-8(4-6-16-10)11(13,14)15/h4,6-7,9H,2-3,5H2,1H3,(H,16,17). The lowest BCUT2D eigenvalue weighted by molar-refractivity contribution is -0.137. The molecule has 0 aromatic carbocycles. The first kappa shape index (κ1) is 14.1. The molecule has 1 aromatic rings. The van der Waals surface area contributed by atoms with E-state index >= 15 is 0 Å². The predicted octanol–water partition coefficient (Wildman–Crippen LogP) is 3.92. The van der Waals surface area contributed by atoms with E-state index in [0.717, 1.165) is 24.8 Å². The van der Waals surface area contributed by atoms with E-state index in [0.29, 0.717) is 12.3 Å². The Hall–Kier alpha value is -0.970. The van der Waals surface area contributed by atoms with E-state index in [2.05, 4.69) is 10.3 Å². The van der Waals surface area contributed by atoms with Crippen molar-refractivity contribution >= 4 is 17.4 Å². The summed E-state index contributed by atoms with van der Waals surface area (Å²) in [5, 5.41) is 2.95. The number of hydrogen-bond acceptors (Lipinski definition) is 2. The third-order valence-corrected chi connectivity index (χ3v) is 2.61. The van der Waals surface area contributed by atoms with E-state index in [-0.39, 0.29) is 11.9 Å². The van der Waals surface area contributed by atoms with Crippen LogP contribution < -0.4 is 5.32 Å². The zero-order chi connectivity index (χ0) is 12.9. The molecule has 17 heavy (non-hydrogen) atoms. The minimum absolute atomic E-state index is 0.0449. The Bertz CT molecular complexity index is 355. The predicted molar refractivity (Wildman–Crippen MR) is 62.3 cm³/mol. The molecule has 96 valence electrons. The third kappa shape index (κ3) is 4.42. The Morgan fingerprint density at radius 2 is 2.18 bits per heavy atom. The summed E-state index contributed by atoms with van der Waals surface area (Å²) in [6, 6.07) is 2.01. The number of alkyl halides is 4. The molecule has 1 rings (SSSR count). The second-order valence-electron chi connectivity index (χ2n) is 3.65. The van der Waals surface area contributed by atoms with Crippen molar-refractivity contribution in [2.24, 2.45) is 0 Å². The summed E-state index contributed by atoms with van der Waals surface area (Å²) >= 11 is 5.60. The fourth-order valence-corrected chi connectivity index (χ4v) is 1.67. The number of aromatic nitrogens is 1. The summed E-state index contributed by atoms with van der Waals surface area (Å²) in [6.07, 6.45) is -1.72. The maximum absolute atomic E-state index is 12.5. The van der Waals surface area contributed by atoms with Gasteiger partial charge in [-0.2, -0.15) is 13.2 Å². The second-order valence-corrected chi connectivity index (χ2v) is 4.03. The average Bonchev–Trinajstić information content (AvgIpc) is 2.28. The first-order valence-corrected chi connectivity index (χ1v) is 5.86. The molecule has 1 N–H and O–H groups in total. The molecule has 0 aliphatic heterocycles. The lowest BCUT2D eigenvalue weighted by Crippen LogP contribution is -2.20. The Balaban J connectivity index is 2.78. The zero-order valence-corrected chi connectivity index (χ0v) is 10.1. The summed E-state index contributed by atoms with van der Waals surface area (Å²) in [4.78, 5) is 3.87. The number of rotatable bonds is 5. The molecule has 0 radical (unpaired) electrons. The van der Waals surface area contributed by atoms with Gasteiger partial charge in [0.05, 0.1) is 5.56 Å². The van der Waals surface area contributed by atoms with Crippen molar-refractivity contribution in [3.05, 3.63) is 23.9 Å². The van der Waals surface area contributed by atoms with Crippen LogP contribution in [0.15, 0.2) is 18.3 Å². The van der Waals surface area contributed by atoms with Gasteiger partial charge in [0.15, 0.2) is 0 Å². The van der Waals surface area contributed by atoms with E-state index in [4.69, 9.17) is 11.6 Å². The highest BCUT2D eigenvalue weighted by Crippen LogP contribution is 2.30. The van der Waals surface area contributed by atoms with Gasteiger partial charge in [0.2, 0.25) is 0 Å². The summed E-state index contributed by atoms with van der Waals surface area (Å²) in [5.41, 5.74) is -0.698. The second kappa shape index (κ2) is 6.10. The molecule has 0 spiro atoms. The van der Waals surface area contributed by atoms with Gasteiger partial charge in [-0.05, 0) is 25.0 Å². The molecule has 0 fully saturated rings. The quantitative estimate of drug-likeness (QED) is 0.817. The minimum atomic E-state index is -4.34. The number of nitrogens with zero attached hydrogens (tertiary/aromatic N) is 1. The van der Waals surface area contributed by atoms with E-state index in [1.807, 2.05) is 6.92 Å². The number of halogens is 4. The average molecular weight is 267 g/mol. The van der Waals surface area contributed by atoms with Gasteiger partial charge >= 0.3 is 6.18 Å². The third-order valence-electron chi connectivity index (χ3n) is 2.39.